The molecule has 1 aromatic carbocycles. The predicted molar refractivity (Wildman–Crippen MR) is 83.9 cm³/mol. The molecule has 0 radical (unpaired) electrons. The summed E-state index contributed by atoms with van der Waals surface area (Å²) in [6.45, 7) is 1.64. The van der Waals surface area contributed by atoms with Crippen LogP contribution in [-0.2, 0) is 0 Å². The maximum atomic E-state index is 12.6. The van der Waals surface area contributed by atoms with Crippen molar-refractivity contribution in [3.05, 3.63) is 29.8 Å². The number of hydrogen-bond acceptors (Lipinski definition) is 3. The summed E-state index contributed by atoms with van der Waals surface area (Å²) in [5, 5.41) is 0. The van der Waals surface area contributed by atoms with Gasteiger partial charge in [0.25, 0.3) is 0 Å². The van der Waals surface area contributed by atoms with Crippen molar-refractivity contribution in [2.75, 3.05) is 20.2 Å². The summed E-state index contributed by atoms with van der Waals surface area (Å²) in [6, 6.07) is 8.17. The highest BCUT2D eigenvalue weighted by molar-refractivity contribution is 5.98. The maximum Gasteiger partial charge on any atom is 0.176 e. The highest BCUT2D eigenvalue weighted by Crippen LogP contribution is 2.35. The minimum absolute atomic E-state index is 0.222. The largest absolute Gasteiger partial charge is 0.497 e. The first kappa shape index (κ1) is 14.6. The van der Waals surface area contributed by atoms with Crippen LogP contribution in [0.15, 0.2) is 24.3 Å². The van der Waals surface area contributed by atoms with Crippen LogP contribution >= 0.6 is 0 Å². The van der Waals surface area contributed by atoms with E-state index in [0.29, 0.717) is 12.6 Å². The molecule has 1 aromatic rings. The Balaban J connectivity index is 1.68. The predicted octanol–water partition coefficient (Wildman–Crippen LogP) is 3.53. The number of hydrogen-bond donors (Lipinski definition) is 0. The summed E-state index contributed by atoms with van der Waals surface area (Å²) in [5.74, 6) is 1.81. The Bertz CT molecular complexity index is 498. The normalized spacial score (nSPS) is 26.1. The summed E-state index contributed by atoms with van der Waals surface area (Å²) in [6.07, 6.45) is 7.93. The lowest BCUT2D eigenvalue weighted by Gasteiger charge is -2.43. The second-order valence-electron chi connectivity index (χ2n) is 6.38. The lowest BCUT2D eigenvalue weighted by Crippen LogP contribution is -2.48. The average Bonchev–Trinajstić information content (AvgIpc) is 2.55. The van der Waals surface area contributed by atoms with E-state index in [2.05, 4.69) is 4.90 Å². The molecule has 0 bridgehead atoms. The molecule has 0 spiro atoms. The average molecular weight is 287 g/mol. The Hall–Kier alpha value is -1.35. The lowest BCUT2D eigenvalue weighted by molar-refractivity contribution is 0.0539. The van der Waals surface area contributed by atoms with E-state index >= 15 is 0 Å². The molecule has 0 N–H and O–H groups in total. The van der Waals surface area contributed by atoms with Gasteiger partial charge in [0.05, 0.1) is 13.7 Å². The van der Waals surface area contributed by atoms with Crippen LogP contribution in [0.4, 0.5) is 0 Å². The van der Waals surface area contributed by atoms with Crippen LogP contribution < -0.4 is 4.74 Å². The molecule has 1 saturated carbocycles. The summed E-state index contributed by atoms with van der Waals surface area (Å²) >= 11 is 0. The first-order valence-corrected chi connectivity index (χ1v) is 8.19. The Morgan fingerprint density at radius 2 is 2.05 bits per heavy atom. The van der Waals surface area contributed by atoms with Gasteiger partial charge in [-0.3, -0.25) is 9.69 Å². The van der Waals surface area contributed by atoms with Gasteiger partial charge in [-0.15, -0.1) is 0 Å². The standard InChI is InChI=1S/C18H25NO2/c1-21-16-9-4-7-15(12-16)18(20)13-19-11-5-8-14-6-2-3-10-17(14)19/h4,7,9,12,14,17H,2-3,5-6,8,10-11,13H2,1H3. The molecule has 21 heavy (non-hydrogen) atoms. The molecule has 3 rings (SSSR count). The van der Waals surface area contributed by atoms with Crippen LogP contribution in [0.2, 0.25) is 0 Å². The minimum atomic E-state index is 0.222. The Kier molecular flexibility index (Phi) is 4.59. The van der Waals surface area contributed by atoms with Gasteiger partial charge in [-0.05, 0) is 50.3 Å². The zero-order valence-corrected chi connectivity index (χ0v) is 12.9. The SMILES string of the molecule is COc1cccc(C(=O)CN2CCCC3CCCCC32)c1. The molecule has 0 aromatic heterocycles. The van der Waals surface area contributed by atoms with Crippen LogP contribution in [0.1, 0.15) is 48.9 Å². The highest BCUT2D eigenvalue weighted by atomic mass is 16.5. The van der Waals surface area contributed by atoms with E-state index in [1.807, 2.05) is 24.3 Å². The number of likely N-dealkylation sites (tertiary alicyclic amines) is 1. The Morgan fingerprint density at radius 3 is 2.90 bits per heavy atom. The zero-order valence-electron chi connectivity index (χ0n) is 12.9. The smallest absolute Gasteiger partial charge is 0.176 e. The van der Waals surface area contributed by atoms with Crippen LogP contribution in [0, 0.1) is 5.92 Å². The van der Waals surface area contributed by atoms with Gasteiger partial charge < -0.3 is 4.74 Å². The topological polar surface area (TPSA) is 29.5 Å². The van der Waals surface area contributed by atoms with E-state index in [1.54, 1.807) is 7.11 Å². The van der Waals surface area contributed by atoms with E-state index in [9.17, 15) is 4.79 Å². The van der Waals surface area contributed by atoms with Crippen LogP contribution in [-0.4, -0.2) is 36.9 Å². The van der Waals surface area contributed by atoms with Crippen molar-refractivity contribution in [1.29, 1.82) is 0 Å². The van der Waals surface area contributed by atoms with Gasteiger partial charge >= 0.3 is 0 Å². The van der Waals surface area contributed by atoms with Crippen molar-refractivity contribution in [2.24, 2.45) is 5.92 Å². The van der Waals surface area contributed by atoms with Crippen LogP contribution in [0.3, 0.4) is 0 Å². The number of piperidine rings is 1. The first-order chi connectivity index (χ1) is 10.3. The molecule has 2 fully saturated rings. The second-order valence-corrected chi connectivity index (χ2v) is 6.38. The minimum Gasteiger partial charge on any atom is -0.497 e. The van der Waals surface area contributed by atoms with Crippen LogP contribution in [0.25, 0.3) is 0 Å². The molecular formula is C18H25NO2. The third-order valence-corrected chi connectivity index (χ3v) is 5.10. The van der Waals surface area contributed by atoms with E-state index in [-0.39, 0.29) is 5.78 Å². The zero-order chi connectivity index (χ0) is 14.7. The molecule has 1 aliphatic carbocycles. The number of carbonyl (C=O) groups excluding carboxylic acids is 1. The molecule has 3 nitrogen and oxygen atoms in total. The monoisotopic (exact) mass is 287 g/mol. The van der Waals surface area contributed by atoms with Crippen LogP contribution in [0.5, 0.6) is 5.75 Å². The number of fused-ring (bicyclic) bond motifs is 1. The third kappa shape index (κ3) is 3.29. The molecule has 1 heterocycles. The van der Waals surface area contributed by atoms with Crippen molar-refractivity contribution < 1.29 is 9.53 Å². The molecule has 3 heteroatoms. The molecule has 1 saturated heterocycles. The number of methoxy groups -OCH3 is 1. The molecule has 2 aliphatic rings. The number of Topliss-reactive ketones (excluding diaryl/α,β-unsaturated/α-hetero) is 1. The Labute approximate surface area is 127 Å². The fourth-order valence-corrected chi connectivity index (χ4v) is 4.00. The van der Waals surface area contributed by atoms with Gasteiger partial charge in [0.15, 0.2) is 5.78 Å². The highest BCUT2D eigenvalue weighted by Gasteiger charge is 2.33. The van der Waals surface area contributed by atoms with Crippen molar-refractivity contribution in [1.82, 2.24) is 4.90 Å². The van der Waals surface area contributed by atoms with Crippen molar-refractivity contribution >= 4 is 5.78 Å². The number of ketones is 1. The number of benzene rings is 1. The van der Waals surface area contributed by atoms with Crippen molar-refractivity contribution in [3.8, 4) is 5.75 Å². The van der Waals surface area contributed by atoms with E-state index in [1.165, 1.54) is 38.5 Å². The van der Waals surface area contributed by atoms with Crippen molar-refractivity contribution in [2.45, 2.75) is 44.6 Å². The van der Waals surface area contributed by atoms with Gasteiger partial charge in [0.1, 0.15) is 5.75 Å². The molecule has 0 amide bonds. The van der Waals surface area contributed by atoms with E-state index < -0.39 is 0 Å². The van der Waals surface area contributed by atoms with Gasteiger partial charge in [0, 0.05) is 11.6 Å². The molecule has 114 valence electrons. The quantitative estimate of drug-likeness (QED) is 0.793. The number of rotatable bonds is 4. The van der Waals surface area contributed by atoms with Gasteiger partial charge in [-0.2, -0.15) is 0 Å². The fourth-order valence-electron chi connectivity index (χ4n) is 4.00. The van der Waals surface area contributed by atoms with Gasteiger partial charge in [0.2, 0.25) is 0 Å². The summed E-state index contributed by atoms with van der Waals surface area (Å²) in [7, 11) is 1.64. The molecule has 2 unspecified atom stereocenters. The Morgan fingerprint density at radius 1 is 1.24 bits per heavy atom. The second kappa shape index (κ2) is 6.61. The number of ether oxygens (including phenoxy) is 1. The summed E-state index contributed by atoms with van der Waals surface area (Å²) in [4.78, 5) is 15.0. The fraction of sp³-hybridized carbons (Fsp3) is 0.611. The summed E-state index contributed by atoms with van der Waals surface area (Å²) < 4.78 is 5.22. The first-order valence-electron chi connectivity index (χ1n) is 8.19. The van der Waals surface area contributed by atoms with Gasteiger partial charge in [-0.1, -0.05) is 25.0 Å². The lowest BCUT2D eigenvalue weighted by atomic mass is 9.78. The van der Waals surface area contributed by atoms with Gasteiger partial charge in [-0.25, -0.2) is 0 Å². The number of nitrogens with zero attached hydrogens (tertiary/aromatic N) is 1. The summed E-state index contributed by atoms with van der Waals surface area (Å²) in [5.41, 5.74) is 0.771. The van der Waals surface area contributed by atoms with E-state index in [4.69, 9.17) is 4.74 Å². The maximum absolute atomic E-state index is 12.6. The van der Waals surface area contributed by atoms with E-state index in [0.717, 1.165) is 23.8 Å². The molecule has 1 aliphatic heterocycles. The molecule has 2 atom stereocenters. The van der Waals surface area contributed by atoms with Crippen molar-refractivity contribution in [3.63, 3.8) is 0 Å². The third-order valence-electron chi connectivity index (χ3n) is 5.10. The number of carbonyl (C=O) groups is 1. The molecular weight excluding hydrogens is 262 g/mol.